The van der Waals surface area contributed by atoms with Gasteiger partial charge >= 0.3 is 0 Å². The van der Waals surface area contributed by atoms with Gasteiger partial charge in [-0.3, -0.25) is 4.18 Å². The lowest BCUT2D eigenvalue weighted by Gasteiger charge is -2.27. The lowest BCUT2D eigenvalue weighted by molar-refractivity contribution is -0.0843. The summed E-state index contributed by atoms with van der Waals surface area (Å²) in [7, 11) is -4.09. The van der Waals surface area contributed by atoms with Crippen LogP contribution in [-0.4, -0.2) is 58.8 Å². The van der Waals surface area contributed by atoms with E-state index in [2.05, 4.69) is 31.9 Å². The number of halogens is 2. The van der Waals surface area contributed by atoms with Crippen LogP contribution in [-0.2, 0) is 14.3 Å². The lowest BCUT2D eigenvalue weighted by atomic mass is 10.1. The summed E-state index contributed by atoms with van der Waals surface area (Å²) in [5.41, 5.74) is 0.895. The van der Waals surface area contributed by atoms with E-state index in [1.54, 1.807) is 12.1 Å². The van der Waals surface area contributed by atoms with Crippen LogP contribution in [0.15, 0.2) is 29.2 Å². The second-order valence-electron chi connectivity index (χ2n) is 4.76. The van der Waals surface area contributed by atoms with E-state index in [1.165, 1.54) is 12.1 Å². The van der Waals surface area contributed by atoms with Crippen LogP contribution >= 0.6 is 31.9 Å². The molecule has 0 aliphatic heterocycles. The molecule has 1 rings (SSSR count). The molecule has 0 spiro atoms. The van der Waals surface area contributed by atoms with E-state index in [0.29, 0.717) is 0 Å². The fraction of sp³-hybridized carbons (Fsp3) is 0.538. The Bertz CT molecular complexity index is 562. The van der Waals surface area contributed by atoms with E-state index < -0.39 is 34.5 Å². The number of benzene rings is 1. The molecule has 0 fully saturated rings. The van der Waals surface area contributed by atoms with Crippen LogP contribution in [0.1, 0.15) is 5.56 Å². The molecule has 1 aromatic rings. The maximum atomic E-state index is 12.2. The van der Waals surface area contributed by atoms with Crippen molar-refractivity contribution in [3.63, 3.8) is 0 Å². The monoisotopic (exact) mass is 460 g/mol. The lowest BCUT2D eigenvalue weighted by Crippen LogP contribution is -2.47. The molecule has 9 heteroatoms. The molecule has 0 aliphatic rings. The summed E-state index contributed by atoms with van der Waals surface area (Å²) in [6, 6.07) is 6.04. The predicted molar refractivity (Wildman–Crippen MR) is 88.8 cm³/mol. The molecular formula is C13H18Br2O6S. The maximum Gasteiger partial charge on any atom is 0.297 e. The van der Waals surface area contributed by atoms with E-state index in [4.69, 9.17) is 4.18 Å². The number of hydrogen-bond donors (Lipinski definition) is 3. The normalized spacial score (nSPS) is 17.7. The maximum absolute atomic E-state index is 12.2. The number of hydrogen-bond acceptors (Lipinski definition) is 6. The summed E-state index contributed by atoms with van der Waals surface area (Å²) < 4.78 is 29.3. The zero-order chi connectivity index (χ0) is 16.9. The van der Waals surface area contributed by atoms with Crippen LogP contribution in [0.4, 0.5) is 0 Å². The molecule has 1 aromatic carbocycles. The number of aliphatic hydroxyl groups is 3. The topological polar surface area (TPSA) is 104 Å². The molecule has 22 heavy (non-hydrogen) atoms. The molecule has 0 bridgehead atoms. The second kappa shape index (κ2) is 8.72. The van der Waals surface area contributed by atoms with Gasteiger partial charge < -0.3 is 15.3 Å². The van der Waals surface area contributed by atoms with Crippen molar-refractivity contribution in [2.45, 2.75) is 36.2 Å². The van der Waals surface area contributed by atoms with Crippen molar-refractivity contribution in [3.05, 3.63) is 29.8 Å². The van der Waals surface area contributed by atoms with Crippen LogP contribution < -0.4 is 0 Å². The van der Waals surface area contributed by atoms with Gasteiger partial charge in [-0.05, 0) is 19.1 Å². The Hall–Kier alpha value is -0.0300. The van der Waals surface area contributed by atoms with E-state index >= 15 is 0 Å². The van der Waals surface area contributed by atoms with E-state index in [9.17, 15) is 23.7 Å². The second-order valence-corrected chi connectivity index (χ2v) is 7.63. The Morgan fingerprint density at radius 3 is 2.05 bits per heavy atom. The van der Waals surface area contributed by atoms with E-state index in [1.807, 2.05) is 6.92 Å². The Morgan fingerprint density at radius 2 is 1.59 bits per heavy atom. The van der Waals surface area contributed by atoms with Crippen molar-refractivity contribution in [1.29, 1.82) is 0 Å². The van der Waals surface area contributed by atoms with Crippen LogP contribution in [0, 0.1) is 6.92 Å². The molecule has 4 unspecified atom stereocenters. The molecule has 126 valence electrons. The zero-order valence-corrected chi connectivity index (χ0v) is 15.8. The molecule has 0 saturated heterocycles. The summed E-state index contributed by atoms with van der Waals surface area (Å²) >= 11 is 6.01. The highest BCUT2D eigenvalue weighted by Crippen LogP contribution is 2.19. The van der Waals surface area contributed by atoms with E-state index in [0.717, 1.165) is 5.56 Å². The molecular weight excluding hydrogens is 444 g/mol. The molecule has 0 radical (unpaired) electrons. The third-order valence-corrected chi connectivity index (χ3v) is 5.65. The summed E-state index contributed by atoms with van der Waals surface area (Å²) in [6.45, 7) is 1.82. The average molecular weight is 462 g/mol. The minimum Gasteiger partial charge on any atom is -0.389 e. The minimum atomic E-state index is -4.09. The molecule has 6 nitrogen and oxygen atoms in total. The largest absolute Gasteiger partial charge is 0.389 e. The molecule has 0 heterocycles. The smallest absolute Gasteiger partial charge is 0.297 e. The highest BCUT2D eigenvalue weighted by atomic mass is 79.9. The van der Waals surface area contributed by atoms with Crippen molar-refractivity contribution in [2.24, 2.45) is 0 Å². The standard InChI is InChI=1S/C13H18Br2O6S/c1-8-2-4-9(5-3-8)22(19,20)21-11(7-15)13(18)12(17)10(16)6-14/h2-5,10-13,16-18H,6-7H2,1H3. The predicted octanol–water partition coefficient (Wildman–Crippen LogP) is 0.941. The van der Waals surface area contributed by atoms with Crippen molar-refractivity contribution in [1.82, 2.24) is 0 Å². The first-order valence-electron chi connectivity index (χ1n) is 6.39. The van der Waals surface area contributed by atoms with Crippen molar-refractivity contribution < 1.29 is 27.9 Å². The quantitative estimate of drug-likeness (QED) is 0.393. The van der Waals surface area contributed by atoms with Gasteiger partial charge in [-0.25, -0.2) is 0 Å². The zero-order valence-electron chi connectivity index (χ0n) is 11.8. The Balaban J connectivity index is 2.90. The van der Waals surface area contributed by atoms with Crippen molar-refractivity contribution in [3.8, 4) is 0 Å². The van der Waals surface area contributed by atoms with Gasteiger partial charge in [-0.15, -0.1) is 0 Å². The van der Waals surface area contributed by atoms with Crippen LogP contribution in [0.2, 0.25) is 0 Å². The SMILES string of the molecule is Cc1ccc(S(=O)(=O)OC(CBr)C(O)C(O)C(O)CBr)cc1. The van der Waals surface area contributed by atoms with Crippen molar-refractivity contribution >= 4 is 42.0 Å². The first kappa shape index (κ1) is 20.0. The summed E-state index contributed by atoms with van der Waals surface area (Å²) in [6.07, 6.45) is -5.61. The third-order valence-electron chi connectivity index (χ3n) is 3.00. The first-order valence-corrected chi connectivity index (χ1v) is 10.0. The summed E-state index contributed by atoms with van der Waals surface area (Å²) in [5, 5.41) is 29.3. The number of alkyl halides is 2. The van der Waals surface area contributed by atoms with Gasteiger partial charge in [0.15, 0.2) is 0 Å². The van der Waals surface area contributed by atoms with Crippen molar-refractivity contribution in [2.75, 3.05) is 10.7 Å². The van der Waals surface area contributed by atoms with Gasteiger partial charge in [0.25, 0.3) is 10.1 Å². The van der Waals surface area contributed by atoms with Crippen LogP contribution in [0.3, 0.4) is 0 Å². The van der Waals surface area contributed by atoms with Gasteiger partial charge in [-0.1, -0.05) is 49.6 Å². The molecule has 0 aromatic heterocycles. The van der Waals surface area contributed by atoms with E-state index in [-0.39, 0.29) is 15.6 Å². The fourth-order valence-corrected chi connectivity index (χ4v) is 3.80. The first-order chi connectivity index (χ1) is 10.2. The average Bonchev–Trinajstić information content (AvgIpc) is 2.50. The van der Waals surface area contributed by atoms with Gasteiger partial charge in [0, 0.05) is 10.7 Å². The fourth-order valence-electron chi connectivity index (χ4n) is 1.64. The number of aryl methyl sites for hydroxylation is 1. The highest BCUT2D eigenvalue weighted by Gasteiger charge is 2.34. The number of aliphatic hydroxyl groups excluding tert-OH is 3. The number of rotatable bonds is 8. The van der Waals surface area contributed by atoms with Gasteiger partial charge in [-0.2, -0.15) is 8.42 Å². The molecule has 4 atom stereocenters. The minimum absolute atomic E-state index is 0.0327. The van der Waals surface area contributed by atoms with Gasteiger partial charge in [0.2, 0.25) is 0 Å². The van der Waals surface area contributed by atoms with Gasteiger partial charge in [0.05, 0.1) is 11.0 Å². The third kappa shape index (κ3) is 5.26. The Labute approximate surface area is 146 Å². The summed E-state index contributed by atoms with van der Waals surface area (Å²) in [5.74, 6) is 0. The molecule has 3 N–H and O–H groups in total. The summed E-state index contributed by atoms with van der Waals surface area (Å²) in [4.78, 5) is -0.0493. The molecule has 0 amide bonds. The van der Waals surface area contributed by atoms with Crippen LogP contribution in [0.5, 0.6) is 0 Å². The molecule has 0 aliphatic carbocycles. The molecule has 0 saturated carbocycles. The van der Waals surface area contributed by atoms with Gasteiger partial charge in [0.1, 0.15) is 18.3 Å². The highest BCUT2D eigenvalue weighted by molar-refractivity contribution is 9.09. The van der Waals surface area contributed by atoms with Crippen LogP contribution in [0.25, 0.3) is 0 Å². The Morgan fingerprint density at radius 1 is 1.05 bits per heavy atom. The Kier molecular flexibility index (Phi) is 7.93.